The minimum atomic E-state index is -0.423. The van der Waals surface area contributed by atoms with E-state index in [1.54, 1.807) is 38.1 Å². The second-order valence-electron chi connectivity index (χ2n) is 29.8. The van der Waals surface area contributed by atoms with E-state index in [2.05, 4.69) is 77.1 Å². The molecule has 9 heterocycles. The summed E-state index contributed by atoms with van der Waals surface area (Å²) in [5.41, 5.74) is 18.6. The first-order chi connectivity index (χ1) is 54.0. The average Bonchev–Trinajstić information content (AvgIpc) is 1.74. The average molecular weight is 1670 g/mol. The SMILES string of the molecule is Cc1cc(B2OC(C)(C)C(C)(C)O2)cn(CC2CC2)c1=O.Cc1cc(Br)cn(CC2CC2)c1=O.O=c1ccc(Br)c[nH]1.[C-]#[N+]c1cnc(N)nc1N[C@@H](C)c1cc2cccc(-c3cc(C)c(=O)n(CC4CC4)c3)c2c(=O)n1-c1ccccc1.[C-]#[N+]c1cnc(N)nc1N[C@@H](C)c1cc2cccc(Cl)c2c(=O)n1-c1ccccc1. The molecule has 4 aliphatic rings. The molecule has 0 unspecified atom stereocenters. The fraction of sp³-hybridized carbons (Fsp3) is 0.294. The summed E-state index contributed by atoms with van der Waals surface area (Å²) in [4.78, 5) is 101. The van der Waals surface area contributed by atoms with Gasteiger partial charge in [-0.25, -0.2) is 29.6 Å². The number of fused-ring (bicyclic) bond motifs is 2. The first-order valence-corrected chi connectivity index (χ1v) is 39.1. The number of halogens is 3. The number of nitrogens with zero attached hydrogens (tertiary/aromatic N) is 11. The van der Waals surface area contributed by atoms with E-state index in [0.717, 1.165) is 79.3 Å². The topological polar surface area (TPSA) is 298 Å². The van der Waals surface area contributed by atoms with Gasteiger partial charge in [0, 0.05) is 111 Å². The summed E-state index contributed by atoms with van der Waals surface area (Å²) in [6, 6.07) is 41.8. The fourth-order valence-corrected chi connectivity index (χ4v) is 14.2. The van der Waals surface area contributed by atoms with Gasteiger partial charge >= 0.3 is 7.12 Å². The molecule has 4 aromatic carbocycles. The second-order valence-corrected chi connectivity index (χ2v) is 32.1. The number of anilines is 4. The summed E-state index contributed by atoms with van der Waals surface area (Å²) in [5.74, 6) is 2.66. The number of nitrogens with one attached hydrogen (secondary N) is 3. The molecular weight excluding hydrogens is 1580 g/mol. The first kappa shape index (κ1) is 81.2. The number of aryl methyl sites for hydroxylation is 3. The molecule has 7 N–H and O–H groups in total. The summed E-state index contributed by atoms with van der Waals surface area (Å²) in [6.07, 6.45) is 17.3. The molecule has 0 spiro atoms. The van der Waals surface area contributed by atoms with Crippen LogP contribution in [-0.2, 0) is 28.9 Å². The monoisotopic (exact) mass is 1660 g/mol. The smallest absolute Gasteiger partial charge is 0.399 e. The molecule has 0 radical (unpaired) electrons. The lowest BCUT2D eigenvalue weighted by atomic mass is 9.79. The van der Waals surface area contributed by atoms with Crippen molar-refractivity contribution < 1.29 is 9.31 Å². The van der Waals surface area contributed by atoms with Crippen LogP contribution in [0.15, 0.2) is 214 Å². The number of aromatic amines is 1. The zero-order valence-electron chi connectivity index (χ0n) is 64.0. The predicted molar refractivity (Wildman–Crippen MR) is 455 cm³/mol. The molecule has 3 aliphatic carbocycles. The van der Waals surface area contributed by atoms with Crippen molar-refractivity contribution >= 4 is 112 Å². The molecule has 12 aromatic rings. The number of nitrogens with two attached hydrogens (primary N) is 2. The van der Waals surface area contributed by atoms with Crippen LogP contribution in [0.1, 0.15) is 120 Å². The van der Waals surface area contributed by atoms with Crippen LogP contribution < -0.4 is 60.9 Å². The highest BCUT2D eigenvalue weighted by Crippen LogP contribution is 2.39. The van der Waals surface area contributed by atoms with Crippen LogP contribution in [0.3, 0.4) is 0 Å². The number of H-pyrrole nitrogens is 1. The van der Waals surface area contributed by atoms with Gasteiger partial charge in [-0.1, -0.05) is 84.4 Å². The molecule has 1 aliphatic heterocycles. The Labute approximate surface area is 675 Å². The van der Waals surface area contributed by atoms with E-state index in [1.807, 2.05) is 205 Å². The van der Waals surface area contributed by atoms with E-state index in [-0.39, 0.29) is 73.9 Å². The molecule has 113 heavy (non-hydrogen) atoms. The van der Waals surface area contributed by atoms with Gasteiger partial charge in [0.2, 0.25) is 28.8 Å². The Kier molecular flexibility index (Phi) is 25.0. The number of aromatic nitrogens is 10. The number of hydrogen-bond acceptors (Lipinski definition) is 16. The van der Waals surface area contributed by atoms with Crippen LogP contribution in [-0.4, -0.2) is 66.1 Å². The Morgan fingerprint density at radius 1 is 0.558 bits per heavy atom. The highest BCUT2D eigenvalue weighted by molar-refractivity contribution is 9.10. The lowest BCUT2D eigenvalue weighted by Gasteiger charge is -2.32. The van der Waals surface area contributed by atoms with Crippen molar-refractivity contribution in [2.24, 2.45) is 17.8 Å². The highest BCUT2D eigenvalue weighted by Gasteiger charge is 2.52. The Balaban J connectivity index is 0.000000143. The predicted octanol–water partition coefficient (Wildman–Crippen LogP) is 15.7. The van der Waals surface area contributed by atoms with Gasteiger partial charge in [0.05, 0.1) is 52.2 Å². The Bertz CT molecular complexity index is 6010. The number of nitrogen functional groups attached to an aromatic ring is 2. The van der Waals surface area contributed by atoms with E-state index in [4.69, 9.17) is 45.5 Å². The first-order valence-electron chi connectivity index (χ1n) is 37.1. The van der Waals surface area contributed by atoms with Crippen LogP contribution in [0.5, 0.6) is 0 Å². The van der Waals surface area contributed by atoms with Gasteiger partial charge in [0.15, 0.2) is 0 Å². The van der Waals surface area contributed by atoms with Crippen molar-refractivity contribution in [3.05, 3.63) is 304 Å². The van der Waals surface area contributed by atoms with Gasteiger partial charge in [-0.3, -0.25) is 37.9 Å². The van der Waals surface area contributed by atoms with Gasteiger partial charge in [-0.15, -0.1) is 0 Å². The molecule has 2 atom stereocenters. The second kappa shape index (κ2) is 34.7. The van der Waals surface area contributed by atoms with Crippen molar-refractivity contribution in [3.63, 3.8) is 0 Å². The van der Waals surface area contributed by atoms with Crippen molar-refractivity contribution in [1.82, 2.24) is 47.8 Å². The zero-order chi connectivity index (χ0) is 80.7. The molecule has 0 amide bonds. The van der Waals surface area contributed by atoms with Crippen LogP contribution >= 0.6 is 43.5 Å². The molecule has 24 nitrogen and oxygen atoms in total. The number of hydrogen-bond donors (Lipinski definition) is 5. The van der Waals surface area contributed by atoms with E-state index in [1.165, 1.54) is 44.1 Å². The minimum absolute atomic E-state index is 0.00825. The molecule has 3 saturated carbocycles. The van der Waals surface area contributed by atoms with Gasteiger partial charge in [-0.2, -0.15) is 0 Å². The quantitative estimate of drug-likeness (QED) is 0.0444. The van der Waals surface area contributed by atoms with E-state index < -0.39 is 13.2 Å². The van der Waals surface area contributed by atoms with Gasteiger partial charge in [0.1, 0.15) is 11.6 Å². The van der Waals surface area contributed by atoms with E-state index in [9.17, 15) is 28.8 Å². The van der Waals surface area contributed by atoms with Crippen molar-refractivity contribution in [1.29, 1.82) is 0 Å². The maximum absolute atomic E-state index is 14.5. The molecule has 16 rings (SSSR count). The van der Waals surface area contributed by atoms with Crippen molar-refractivity contribution in [2.75, 3.05) is 22.1 Å². The highest BCUT2D eigenvalue weighted by atomic mass is 79.9. The molecule has 4 fully saturated rings. The fourth-order valence-electron chi connectivity index (χ4n) is 13.1. The van der Waals surface area contributed by atoms with E-state index in [0.29, 0.717) is 74.1 Å². The van der Waals surface area contributed by atoms with Crippen molar-refractivity contribution in [2.45, 2.75) is 144 Å². The van der Waals surface area contributed by atoms with Crippen LogP contribution in [0.4, 0.5) is 34.9 Å². The number of pyridine rings is 6. The zero-order valence-corrected chi connectivity index (χ0v) is 68.0. The largest absolute Gasteiger partial charge is 0.496 e. The maximum atomic E-state index is 14.5. The third kappa shape index (κ3) is 19.4. The summed E-state index contributed by atoms with van der Waals surface area (Å²) in [6.45, 7) is 34.7. The number of rotatable bonds is 16. The lowest BCUT2D eigenvalue weighted by molar-refractivity contribution is 0.00578. The summed E-state index contributed by atoms with van der Waals surface area (Å²) in [5, 5.41) is 9.38. The molecule has 1 saturated heterocycles. The Morgan fingerprint density at radius 3 is 1.46 bits per heavy atom. The van der Waals surface area contributed by atoms with Crippen LogP contribution in [0.25, 0.3) is 53.7 Å². The maximum Gasteiger partial charge on any atom is 0.496 e. The molecule has 28 heteroatoms. The van der Waals surface area contributed by atoms with Gasteiger partial charge in [0.25, 0.3) is 27.8 Å². The third-order valence-corrected chi connectivity index (χ3v) is 21.6. The molecule has 8 aromatic heterocycles. The normalized spacial score (nSPS) is 14.9. The Morgan fingerprint density at radius 2 is 1.00 bits per heavy atom. The third-order valence-electron chi connectivity index (χ3n) is 20.4. The van der Waals surface area contributed by atoms with E-state index >= 15 is 0 Å². The molecule has 0 bridgehead atoms. The number of benzene rings is 4. The summed E-state index contributed by atoms with van der Waals surface area (Å²) in [7, 11) is -0.403. The summed E-state index contributed by atoms with van der Waals surface area (Å²) >= 11 is 12.9. The standard InChI is InChI=1S/C32H29N7O2.C22H17ClN6O.C16H24BNO3.C10H12BrNO.C5H4BrNO/c1-19-14-23(18-38(30(19)40)17-21-12-13-21)25-11-7-8-22-15-27(20(2)36-29-26(34-3)16-35-32(33)37-29)39(31(41)28(22)25)24-9-5-4-6-10-24;1-13(27-20-17(25-2)12-26-22(24)28-20)18-11-14-7-6-10-16(23)19(14)21(30)29(18)15-8-4-3-5-9-15;1-11-8-13(10-18(14(11)19)9-12-6-7-12)17-20-15(2,3)16(4,5)21-17;1-7-4-9(11)6-12(10(7)13)5-8-2-3-8;6-4-1-2-5(8)7-3-4/h4-11,14-16,18,20-21H,12-13,17H2,1-2H3,(H3,33,35,36,37);3-13H,1H3,(H3,24,26,27,28);8,10,12H,6-7,9H2,1-5H3;4,6,8H,2-3,5H2,1H3;1-3H,(H,7,8)/t20-;13-;;;/m00.../s1. The minimum Gasteiger partial charge on any atom is -0.399 e. The lowest BCUT2D eigenvalue weighted by Crippen LogP contribution is -2.41. The molecular formula is C85H86BBr2ClN16O8. The van der Waals surface area contributed by atoms with Gasteiger partial charge < -0.3 is 50.1 Å². The van der Waals surface area contributed by atoms with Crippen LogP contribution in [0.2, 0.25) is 5.02 Å². The number of para-hydroxylation sites is 2. The van der Waals surface area contributed by atoms with Crippen molar-refractivity contribution in [3.8, 4) is 22.5 Å². The summed E-state index contributed by atoms with van der Waals surface area (Å²) < 4.78 is 22.8. The van der Waals surface area contributed by atoms with Gasteiger partial charge in [-0.05, 0) is 238 Å². The van der Waals surface area contributed by atoms with Crippen LogP contribution in [0, 0.1) is 51.7 Å². The Hall–Kier alpha value is -11.3. The molecule has 578 valence electrons.